The highest BCUT2D eigenvalue weighted by molar-refractivity contribution is 5.95. The summed E-state index contributed by atoms with van der Waals surface area (Å²) < 4.78 is 15.9. The lowest BCUT2D eigenvalue weighted by atomic mass is 9.60. The van der Waals surface area contributed by atoms with E-state index in [1.165, 1.54) is 17.7 Å². The lowest BCUT2D eigenvalue weighted by Gasteiger charge is -2.58. The molecule has 1 aromatic heterocycles. The molecule has 1 aliphatic carbocycles. The van der Waals surface area contributed by atoms with E-state index in [0.29, 0.717) is 19.1 Å². The standard InChI is InChI=1S/C23H22FN3O2/c1-15-4-2-3-5-18(15)21-8-9-27(25-21)16-11-23(12-16)13-26(14-23)22(29)19-10-17(28)6-7-20(19)24/h2-10,16,28H,11-14H2,1H3. The van der Waals surface area contributed by atoms with Gasteiger partial charge in [-0.05, 0) is 49.6 Å². The van der Waals surface area contributed by atoms with Crippen molar-refractivity contribution in [3.8, 4) is 17.0 Å². The second kappa shape index (κ2) is 6.44. The van der Waals surface area contributed by atoms with Crippen LogP contribution in [-0.2, 0) is 0 Å². The van der Waals surface area contributed by atoms with Crippen LogP contribution < -0.4 is 0 Å². The first-order valence-electron chi connectivity index (χ1n) is 9.83. The third kappa shape index (κ3) is 2.99. The summed E-state index contributed by atoms with van der Waals surface area (Å²) in [5.74, 6) is -1.05. The quantitative estimate of drug-likeness (QED) is 0.729. The highest BCUT2D eigenvalue weighted by Gasteiger charge is 2.54. The van der Waals surface area contributed by atoms with Crippen molar-refractivity contribution in [2.75, 3.05) is 13.1 Å². The third-order valence-electron chi connectivity index (χ3n) is 6.26. The number of phenols is 1. The van der Waals surface area contributed by atoms with Gasteiger partial charge >= 0.3 is 0 Å². The summed E-state index contributed by atoms with van der Waals surface area (Å²) in [6.45, 7) is 3.34. The zero-order valence-corrected chi connectivity index (χ0v) is 16.2. The van der Waals surface area contributed by atoms with Gasteiger partial charge in [0.15, 0.2) is 0 Å². The molecule has 2 heterocycles. The molecule has 5 nitrogen and oxygen atoms in total. The minimum absolute atomic E-state index is 0.0642. The molecule has 0 unspecified atom stereocenters. The first-order valence-corrected chi connectivity index (χ1v) is 9.83. The predicted octanol–water partition coefficient (Wildman–Crippen LogP) is 4.18. The molecule has 29 heavy (non-hydrogen) atoms. The minimum Gasteiger partial charge on any atom is -0.508 e. The van der Waals surface area contributed by atoms with Crippen molar-refractivity contribution in [3.63, 3.8) is 0 Å². The van der Waals surface area contributed by atoms with Gasteiger partial charge in [0, 0.05) is 30.3 Å². The molecule has 0 bridgehead atoms. The number of phenolic OH excluding ortho intramolecular Hbond substituents is 1. The van der Waals surface area contributed by atoms with Crippen LogP contribution in [0.3, 0.4) is 0 Å². The van der Waals surface area contributed by atoms with Gasteiger partial charge in [0.2, 0.25) is 0 Å². The number of nitrogens with zero attached hydrogens (tertiary/aromatic N) is 3. The summed E-state index contributed by atoms with van der Waals surface area (Å²) in [6, 6.07) is 14.2. The molecule has 2 fully saturated rings. The Labute approximate surface area is 168 Å². The van der Waals surface area contributed by atoms with Gasteiger partial charge in [0.05, 0.1) is 17.3 Å². The van der Waals surface area contributed by atoms with E-state index in [-0.39, 0.29) is 22.6 Å². The molecular weight excluding hydrogens is 369 g/mol. The van der Waals surface area contributed by atoms with E-state index in [1.54, 1.807) is 4.90 Å². The highest BCUT2D eigenvalue weighted by atomic mass is 19.1. The zero-order valence-electron chi connectivity index (χ0n) is 16.2. The minimum atomic E-state index is -0.597. The van der Waals surface area contributed by atoms with Crippen LogP contribution in [0.15, 0.2) is 54.7 Å². The average molecular weight is 391 g/mol. The third-order valence-corrected chi connectivity index (χ3v) is 6.26. The van der Waals surface area contributed by atoms with Crippen LogP contribution in [0.5, 0.6) is 5.75 Å². The molecule has 0 atom stereocenters. The van der Waals surface area contributed by atoms with Crippen molar-refractivity contribution in [2.24, 2.45) is 5.41 Å². The number of amides is 1. The molecule has 5 rings (SSSR count). The molecule has 6 heteroatoms. The molecule has 1 N–H and O–H groups in total. The van der Waals surface area contributed by atoms with E-state index < -0.39 is 5.82 Å². The number of likely N-dealkylation sites (tertiary alicyclic amines) is 1. The fraction of sp³-hybridized carbons (Fsp3) is 0.304. The SMILES string of the molecule is Cc1ccccc1-c1ccn(C2CC3(C2)CN(C(=O)c2cc(O)ccc2F)C3)n1. The zero-order chi connectivity index (χ0) is 20.2. The van der Waals surface area contributed by atoms with E-state index in [0.717, 1.165) is 30.2 Å². The van der Waals surface area contributed by atoms with Gasteiger partial charge in [-0.3, -0.25) is 9.48 Å². The number of halogens is 1. The number of carbonyl (C=O) groups excluding carboxylic acids is 1. The molecule has 1 spiro atoms. The maximum Gasteiger partial charge on any atom is 0.257 e. The Hall–Kier alpha value is -3.15. The summed E-state index contributed by atoms with van der Waals surface area (Å²) in [5.41, 5.74) is 3.38. The van der Waals surface area contributed by atoms with Gasteiger partial charge in [-0.1, -0.05) is 24.3 Å². The van der Waals surface area contributed by atoms with Crippen LogP contribution in [-0.4, -0.2) is 38.8 Å². The number of aryl methyl sites for hydroxylation is 1. The summed E-state index contributed by atoms with van der Waals surface area (Å²) in [5, 5.41) is 14.3. The number of hydrogen-bond acceptors (Lipinski definition) is 3. The second-order valence-corrected chi connectivity index (χ2v) is 8.38. The lowest BCUT2D eigenvalue weighted by Crippen LogP contribution is -2.63. The predicted molar refractivity (Wildman–Crippen MR) is 107 cm³/mol. The van der Waals surface area contributed by atoms with E-state index in [2.05, 4.69) is 25.1 Å². The summed E-state index contributed by atoms with van der Waals surface area (Å²) in [7, 11) is 0. The molecule has 0 radical (unpaired) electrons. The van der Waals surface area contributed by atoms with Crippen LogP contribution in [0, 0.1) is 18.2 Å². The largest absolute Gasteiger partial charge is 0.508 e. The Morgan fingerprint density at radius 1 is 1.17 bits per heavy atom. The Kier molecular flexibility index (Phi) is 3.98. The molecule has 1 aliphatic heterocycles. The van der Waals surface area contributed by atoms with Gasteiger partial charge in [-0.25, -0.2) is 4.39 Å². The van der Waals surface area contributed by atoms with Gasteiger partial charge in [0.1, 0.15) is 11.6 Å². The first-order chi connectivity index (χ1) is 13.9. The van der Waals surface area contributed by atoms with E-state index >= 15 is 0 Å². The summed E-state index contributed by atoms with van der Waals surface area (Å²) in [6.07, 6.45) is 3.96. The van der Waals surface area contributed by atoms with Gasteiger partial charge < -0.3 is 10.0 Å². The normalized spacial score (nSPS) is 17.8. The number of rotatable bonds is 3. The molecular formula is C23H22FN3O2. The van der Waals surface area contributed by atoms with E-state index in [4.69, 9.17) is 5.10 Å². The maximum atomic E-state index is 13.9. The Balaban J connectivity index is 1.22. The molecule has 2 aromatic carbocycles. The van der Waals surface area contributed by atoms with E-state index in [1.807, 2.05) is 23.0 Å². The van der Waals surface area contributed by atoms with Crippen molar-refractivity contribution < 1.29 is 14.3 Å². The molecule has 1 saturated carbocycles. The molecule has 1 amide bonds. The number of aromatic nitrogens is 2. The maximum absolute atomic E-state index is 13.9. The van der Waals surface area contributed by atoms with Crippen LogP contribution >= 0.6 is 0 Å². The Bertz CT molecular complexity index is 1090. The fourth-order valence-corrected chi connectivity index (χ4v) is 4.69. The van der Waals surface area contributed by atoms with Gasteiger partial charge in [0.25, 0.3) is 5.91 Å². The van der Waals surface area contributed by atoms with Crippen LogP contribution in [0.1, 0.15) is 34.8 Å². The fourth-order valence-electron chi connectivity index (χ4n) is 4.69. The van der Waals surface area contributed by atoms with Crippen LogP contribution in [0.4, 0.5) is 4.39 Å². The van der Waals surface area contributed by atoms with Gasteiger partial charge in [-0.2, -0.15) is 5.10 Å². The van der Waals surface area contributed by atoms with Crippen molar-refractivity contribution in [1.82, 2.24) is 14.7 Å². The molecule has 148 valence electrons. The highest BCUT2D eigenvalue weighted by Crippen LogP contribution is 2.54. The van der Waals surface area contributed by atoms with Crippen molar-refractivity contribution in [3.05, 3.63) is 71.7 Å². The van der Waals surface area contributed by atoms with Gasteiger partial charge in [-0.15, -0.1) is 0 Å². The second-order valence-electron chi connectivity index (χ2n) is 8.38. The summed E-state index contributed by atoms with van der Waals surface area (Å²) in [4.78, 5) is 14.2. The molecule has 2 aliphatic rings. The van der Waals surface area contributed by atoms with Crippen molar-refractivity contribution in [1.29, 1.82) is 0 Å². The van der Waals surface area contributed by atoms with Crippen molar-refractivity contribution >= 4 is 5.91 Å². The van der Waals surface area contributed by atoms with Crippen LogP contribution in [0.2, 0.25) is 0 Å². The molecule has 1 saturated heterocycles. The number of hydrogen-bond donors (Lipinski definition) is 1. The average Bonchev–Trinajstić information content (AvgIpc) is 3.11. The Morgan fingerprint density at radius 2 is 1.93 bits per heavy atom. The monoisotopic (exact) mass is 391 g/mol. The smallest absolute Gasteiger partial charge is 0.257 e. The number of carbonyl (C=O) groups is 1. The first kappa shape index (κ1) is 17.9. The lowest BCUT2D eigenvalue weighted by molar-refractivity contribution is -0.0739. The Morgan fingerprint density at radius 3 is 2.69 bits per heavy atom. The number of benzene rings is 2. The van der Waals surface area contributed by atoms with Crippen LogP contribution in [0.25, 0.3) is 11.3 Å². The van der Waals surface area contributed by atoms with E-state index in [9.17, 15) is 14.3 Å². The van der Waals surface area contributed by atoms with Crippen molar-refractivity contribution in [2.45, 2.75) is 25.8 Å². The molecule has 3 aromatic rings. The summed E-state index contributed by atoms with van der Waals surface area (Å²) >= 11 is 0. The topological polar surface area (TPSA) is 58.4 Å². The number of aromatic hydroxyl groups is 1.